The van der Waals surface area contributed by atoms with Crippen molar-refractivity contribution < 1.29 is 5.11 Å². The van der Waals surface area contributed by atoms with Gasteiger partial charge >= 0.3 is 0 Å². The van der Waals surface area contributed by atoms with E-state index in [1.165, 1.54) is 5.56 Å². The molecule has 0 aromatic carbocycles. The van der Waals surface area contributed by atoms with Crippen LogP contribution in [-0.2, 0) is 6.42 Å². The van der Waals surface area contributed by atoms with E-state index in [2.05, 4.69) is 16.0 Å². The van der Waals surface area contributed by atoms with Crippen molar-refractivity contribution in [3.63, 3.8) is 0 Å². The zero-order valence-corrected chi connectivity index (χ0v) is 10.4. The summed E-state index contributed by atoms with van der Waals surface area (Å²) in [6, 6.07) is 7.94. The number of rotatable bonds is 2. The highest BCUT2D eigenvalue weighted by atomic mass is 16.3. The van der Waals surface area contributed by atoms with Crippen molar-refractivity contribution in [3.05, 3.63) is 59.2 Å². The molecule has 2 atom stereocenters. The summed E-state index contributed by atoms with van der Waals surface area (Å²) in [5.41, 5.74) is 4.14. The predicted octanol–water partition coefficient (Wildman–Crippen LogP) is 2.55. The van der Waals surface area contributed by atoms with Crippen LogP contribution in [0.5, 0.6) is 0 Å². The molecule has 0 radical (unpaired) electrons. The number of nitrogens with zero attached hydrogens (tertiary/aromatic N) is 2. The maximum Gasteiger partial charge on any atom is 0.104 e. The van der Waals surface area contributed by atoms with Crippen molar-refractivity contribution in [2.24, 2.45) is 0 Å². The van der Waals surface area contributed by atoms with Gasteiger partial charge in [-0.3, -0.25) is 9.97 Å². The van der Waals surface area contributed by atoms with Gasteiger partial charge in [0.1, 0.15) is 6.10 Å². The van der Waals surface area contributed by atoms with E-state index in [9.17, 15) is 5.11 Å². The minimum atomic E-state index is -0.554. The molecule has 0 bridgehead atoms. The van der Waals surface area contributed by atoms with Crippen molar-refractivity contribution in [1.82, 2.24) is 9.97 Å². The van der Waals surface area contributed by atoms with Crippen molar-refractivity contribution in [2.75, 3.05) is 0 Å². The van der Waals surface area contributed by atoms with Gasteiger partial charge in [0.15, 0.2) is 0 Å². The fourth-order valence-corrected chi connectivity index (χ4v) is 2.61. The Hall–Kier alpha value is -1.74. The Morgan fingerprint density at radius 3 is 2.94 bits per heavy atom. The maximum absolute atomic E-state index is 10.5. The van der Waals surface area contributed by atoms with Crippen LogP contribution in [0.15, 0.2) is 36.7 Å². The first kappa shape index (κ1) is 11.4. The summed E-state index contributed by atoms with van der Waals surface area (Å²) in [7, 11) is 0. The lowest BCUT2D eigenvalue weighted by Gasteiger charge is -2.17. The number of aryl methyl sites for hydroxylation is 2. The molecule has 2 heterocycles. The molecule has 0 fully saturated rings. The monoisotopic (exact) mass is 240 g/mol. The molecule has 18 heavy (non-hydrogen) atoms. The molecule has 0 amide bonds. The number of aliphatic hydroxyl groups excluding tert-OH is 1. The molecule has 3 rings (SSSR count). The van der Waals surface area contributed by atoms with Gasteiger partial charge in [-0.2, -0.15) is 0 Å². The average Bonchev–Trinajstić information content (AvgIpc) is 2.82. The van der Waals surface area contributed by atoms with E-state index < -0.39 is 6.10 Å². The smallest absolute Gasteiger partial charge is 0.104 e. The number of aliphatic hydroxyl groups is 1. The number of fused-ring (bicyclic) bond motifs is 1. The molecule has 2 unspecified atom stereocenters. The van der Waals surface area contributed by atoms with Crippen molar-refractivity contribution in [3.8, 4) is 0 Å². The van der Waals surface area contributed by atoms with Gasteiger partial charge in [-0.15, -0.1) is 0 Å². The Balaban J connectivity index is 1.90. The first-order valence-electron chi connectivity index (χ1n) is 6.30. The third-order valence-electron chi connectivity index (χ3n) is 3.62. The summed E-state index contributed by atoms with van der Waals surface area (Å²) in [6.07, 6.45) is 4.99. The maximum atomic E-state index is 10.5. The first-order valence-corrected chi connectivity index (χ1v) is 6.30. The number of aromatic nitrogens is 2. The van der Waals surface area contributed by atoms with E-state index in [0.29, 0.717) is 0 Å². The van der Waals surface area contributed by atoms with Crippen LogP contribution >= 0.6 is 0 Å². The van der Waals surface area contributed by atoms with E-state index in [-0.39, 0.29) is 5.92 Å². The molecule has 0 saturated carbocycles. The molecule has 1 aliphatic carbocycles. The molecule has 1 aliphatic rings. The van der Waals surface area contributed by atoms with E-state index >= 15 is 0 Å². The largest absolute Gasteiger partial charge is 0.386 e. The predicted molar refractivity (Wildman–Crippen MR) is 69.2 cm³/mol. The Labute approximate surface area is 107 Å². The molecule has 0 spiro atoms. The van der Waals surface area contributed by atoms with E-state index in [4.69, 9.17) is 0 Å². The number of hydrogen-bond acceptors (Lipinski definition) is 3. The van der Waals surface area contributed by atoms with Crippen LogP contribution in [0.25, 0.3) is 0 Å². The number of hydrogen-bond donors (Lipinski definition) is 1. The Morgan fingerprint density at radius 1 is 1.28 bits per heavy atom. The molecular weight excluding hydrogens is 224 g/mol. The Bertz CT molecular complexity index is 551. The van der Waals surface area contributed by atoms with Crippen molar-refractivity contribution >= 4 is 0 Å². The van der Waals surface area contributed by atoms with Gasteiger partial charge in [-0.1, -0.05) is 12.1 Å². The molecule has 3 nitrogen and oxygen atoms in total. The molecule has 2 aromatic rings. The SMILES string of the molecule is Cc1ccc(C(O)C2CCc3cccnc32)nc1. The van der Waals surface area contributed by atoms with Gasteiger partial charge in [0.2, 0.25) is 0 Å². The standard InChI is InChI=1S/C15H16N2O/c1-10-4-7-13(17-9-10)15(18)12-6-5-11-3-2-8-16-14(11)12/h2-4,7-9,12,15,18H,5-6H2,1H3. The van der Waals surface area contributed by atoms with Crippen LogP contribution in [0.2, 0.25) is 0 Å². The molecule has 92 valence electrons. The first-order chi connectivity index (χ1) is 8.75. The summed E-state index contributed by atoms with van der Waals surface area (Å²) in [6.45, 7) is 2.00. The van der Waals surface area contributed by atoms with Gasteiger partial charge in [-0.05, 0) is 43.0 Å². The van der Waals surface area contributed by atoms with E-state index in [1.54, 1.807) is 12.4 Å². The summed E-state index contributed by atoms with van der Waals surface area (Å²) >= 11 is 0. The highest BCUT2D eigenvalue weighted by Crippen LogP contribution is 2.39. The fourth-order valence-electron chi connectivity index (χ4n) is 2.61. The van der Waals surface area contributed by atoms with Crippen LogP contribution in [0.1, 0.15) is 41.0 Å². The van der Waals surface area contributed by atoms with Gasteiger partial charge in [0, 0.05) is 24.0 Å². The minimum absolute atomic E-state index is 0.0800. The van der Waals surface area contributed by atoms with Crippen molar-refractivity contribution in [1.29, 1.82) is 0 Å². The highest BCUT2D eigenvalue weighted by molar-refractivity contribution is 5.31. The molecule has 2 aromatic heterocycles. The second kappa shape index (κ2) is 4.50. The molecule has 0 aliphatic heterocycles. The third-order valence-corrected chi connectivity index (χ3v) is 3.62. The van der Waals surface area contributed by atoms with Crippen LogP contribution in [0.4, 0.5) is 0 Å². The Morgan fingerprint density at radius 2 is 2.17 bits per heavy atom. The second-order valence-electron chi connectivity index (χ2n) is 4.90. The molecule has 1 N–H and O–H groups in total. The Kier molecular flexibility index (Phi) is 2.84. The second-order valence-corrected chi connectivity index (χ2v) is 4.90. The summed E-state index contributed by atoms with van der Waals surface area (Å²) < 4.78 is 0. The summed E-state index contributed by atoms with van der Waals surface area (Å²) in [5, 5.41) is 10.5. The lowest BCUT2D eigenvalue weighted by Crippen LogP contribution is -2.11. The van der Waals surface area contributed by atoms with E-state index in [0.717, 1.165) is 29.8 Å². The molecule has 3 heteroatoms. The zero-order chi connectivity index (χ0) is 12.5. The molecule has 0 saturated heterocycles. The van der Waals surface area contributed by atoms with Crippen LogP contribution < -0.4 is 0 Å². The van der Waals surface area contributed by atoms with Gasteiger partial charge in [0.25, 0.3) is 0 Å². The topological polar surface area (TPSA) is 46.0 Å². The quantitative estimate of drug-likeness (QED) is 0.877. The van der Waals surface area contributed by atoms with Crippen molar-refractivity contribution in [2.45, 2.75) is 31.8 Å². The average molecular weight is 240 g/mol. The summed E-state index contributed by atoms with van der Waals surface area (Å²) in [5.74, 6) is 0.0800. The lowest BCUT2D eigenvalue weighted by atomic mass is 9.96. The lowest BCUT2D eigenvalue weighted by molar-refractivity contribution is 0.139. The normalized spacial score (nSPS) is 19.6. The zero-order valence-electron chi connectivity index (χ0n) is 10.4. The highest BCUT2D eigenvalue weighted by Gasteiger charge is 2.31. The van der Waals surface area contributed by atoms with Crippen LogP contribution in [0.3, 0.4) is 0 Å². The van der Waals surface area contributed by atoms with E-state index in [1.807, 2.05) is 25.1 Å². The van der Waals surface area contributed by atoms with Crippen LogP contribution in [0, 0.1) is 6.92 Å². The van der Waals surface area contributed by atoms with Gasteiger partial charge < -0.3 is 5.11 Å². The molecular formula is C15H16N2O. The number of pyridine rings is 2. The van der Waals surface area contributed by atoms with Gasteiger partial charge in [-0.25, -0.2) is 0 Å². The third kappa shape index (κ3) is 1.91. The van der Waals surface area contributed by atoms with Crippen LogP contribution in [-0.4, -0.2) is 15.1 Å². The minimum Gasteiger partial charge on any atom is -0.386 e. The summed E-state index contributed by atoms with van der Waals surface area (Å²) in [4.78, 5) is 8.73. The fraction of sp³-hybridized carbons (Fsp3) is 0.333. The van der Waals surface area contributed by atoms with Gasteiger partial charge in [0.05, 0.1) is 5.69 Å².